The lowest BCUT2D eigenvalue weighted by molar-refractivity contribution is -0.121. The summed E-state index contributed by atoms with van der Waals surface area (Å²) in [5, 5.41) is 16.1. The second-order valence-electron chi connectivity index (χ2n) is 1.58. The van der Waals surface area contributed by atoms with Gasteiger partial charge >= 0.3 is 6.18 Å². The van der Waals surface area contributed by atoms with Crippen molar-refractivity contribution in [2.75, 3.05) is 0 Å². The Morgan fingerprint density at radius 2 is 1.90 bits per heavy atom. The van der Waals surface area contributed by atoms with Crippen LogP contribution < -0.4 is 0 Å². The van der Waals surface area contributed by atoms with Gasteiger partial charge in [-0.2, -0.15) is 18.4 Å². The summed E-state index contributed by atoms with van der Waals surface area (Å²) in [5.41, 5.74) is -0.729. The SMILES string of the molecule is C/C(C#N)=C(\O)C(F)(F)F. The van der Waals surface area contributed by atoms with E-state index in [1.54, 1.807) is 0 Å². The van der Waals surface area contributed by atoms with Crippen LogP contribution in [0.4, 0.5) is 13.2 Å². The van der Waals surface area contributed by atoms with Crippen molar-refractivity contribution in [3.05, 3.63) is 11.3 Å². The van der Waals surface area contributed by atoms with Gasteiger partial charge in [0.2, 0.25) is 5.76 Å². The highest BCUT2D eigenvalue weighted by atomic mass is 19.4. The summed E-state index contributed by atoms with van der Waals surface area (Å²) in [7, 11) is 0. The van der Waals surface area contributed by atoms with E-state index in [0.29, 0.717) is 0 Å². The maximum atomic E-state index is 11.4. The van der Waals surface area contributed by atoms with Crippen LogP contribution in [0.2, 0.25) is 0 Å². The second kappa shape index (κ2) is 2.60. The van der Waals surface area contributed by atoms with E-state index in [2.05, 4.69) is 0 Å². The first-order valence-electron chi connectivity index (χ1n) is 2.26. The van der Waals surface area contributed by atoms with Crippen molar-refractivity contribution < 1.29 is 18.3 Å². The maximum Gasteiger partial charge on any atom is 0.449 e. The molecule has 0 fully saturated rings. The summed E-state index contributed by atoms with van der Waals surface area (Å²) < 4.78 is 34.3. The molecule has 0 radical (unpaired) electrons. The molecule has 0 aromatic heterocycles. The van der Waals surface area contributed by atoms with E-state index in [1.807, 2.05) is 0 Å². The van der Waals surface area contributed by atoms with E-state index in [0.717, 1.165) is 6.92 Å². The van der Waals surface area contributed by atoms with E-state index >= 15 is 0 Å². The van der Waals surface area contributed by atoms with Gasteiger partial charge in [-0.05, 0) is 6.92 Å². The number of alkyl halides is 3. The molecule has 0 spiro atoms. The van der Waals surface area contributed by atoms with E-state index in [4.69, 9.17) is 10.4 Å². The molecule has 0 aliphatic rings. The third kappa shape index (κ3) is 1.97. The smallest absolute Gasteiger partial charge is 0.449 e. The van der Waals surface area contributed by atoms with Gasteiger partial charge in [0.25, 0.3) is 0 Å². The van der Waals surface area contributed by atoms with E-state index in [1.165, 1.54) is 6.07 Å². The number of nitriles is 1. The highest BCUT2D eigenvalue weighted by molar-refractivity contribution is 5.23. The molecule has 0 bridgehead atoms. The Kier molecular flexibility index (Phi) is 2.30. The van der Waals surface area contributed by atoms with Gasteiger partial charge < -0.3 is 5.11 Å². The summed E-state index contributed by atoms with van der Waals surface area (Å²) in [6, 6.07) is 1.18. The minimum atomic E-state index is -4.81. The van der Waals surface area contributed by atoms with E-state index in [-0.39, 0.29) is 0 Å². The molecule has 5 heteroatoms. The normalized spacial score (nSPS) is 13.9. The third-order valence-electron chi connectivity index (χ3n) is 0.791. The molecule has 0 aromatic carbocycles. The molecule has 1 N–H and O–H groups in total. The standard InChI is InChI=1S/C5H4F3NO/c1-3(2-9)4(10)5(6,7)8/h10H,1H3/b4-3+. The molecule has 56 valence electrons. The highest BCUT2D eigenvalue weighted by Crippen LogP contribution is 2.25. The molecule has 0 aliphatic heterocycles. The van der Waals surface area contributed by atoms with Gasteiger partial charge in [-0.1, -0.05) is 0 Å². The quantitative estimate of drug-likeness (QED) is 0.424. The minimum Gasteiger partial charge on any atom is -0.504 e. The predicted molar refractivity (Wildman–Crippen MR) is 27.0 cm³/mol. The topological polar surface area (TPSA) is 44.0 Å². The monoisotopic (exact) mass is 151 g/mol. The number of halogens is 3. The average molecular weight is 151 g/mol. The van der Waals surface area contributed by atoms with Gasteiger partial charge in [0.05, 0.1) is 11.6 Å². The van der Waals surface area contributed by atoms with Crippen molar-refractivity contribution in [3.63, 3.8) is 0 Å². The lowest BCUT2D eigenvalue weighted by Gasteiger charge is -2.03. The van der Waals surface area contributed by atoms with Crippen LogP contribution in [0.15, 0.2) is 11.3 Å². The predicted octanol–water partition coefficient (Wildman–Crippen LogP) is 1.90. The zero-order chi connectivity index (χ0) is 8.36. The van der Waals surface area contributed by atoms with Crippen molar-refractivity contribution >= 4 is 0 Å². The number of hydrogen-bond donors (Lipinski definition) is 1. The van der Waals surface area contributed by atoms with Crippen molar-refractivity contribution in [2.24, 2.45) is 0 Å². The molecular weight excluding hydrogens is 147 g/mol. The van der Waals surface area contributed by atoms with Crippen molar-refractivity contribution in [1.29, 1.82) is 5.26 Å². The molecule has 0 unspecified atom stereocenters. The Hall–Kier alpha value is -1.18. The molecule has 0 heterocycles. The Morgan fingerprint density at radius 1 is 1.50 bits per heavy atom. The highest BCUT2D eigenvalue weighted by Gasteiger charge is 2.35. The van der Waals surface area contributed by atoms with Crippen molar-refractivity contribution in [2.45, 2.75) is 13.1 Å². The maximum absolute atomic E-state index is 11.4. The number of hydrogen-bond acceptors (Lipinski definition) is 2. The van der Waals surface area contributed by atoms with Crippen LogP contribution in [0, 0.1) is 11.3 Å². The van der Waals surface area contributed by atoms with Gasteiger partial charge in [0.1, 0.15) is 0 Å². The number of rotatable bonds is 0. The summed E-state index contributed by atoms with van der Waals surface area (Å²) in [4.78, 5) is 0. The van der Waals surface area contributed by atoms with Gasteiger partial charge in [-0.25, -0.2) is 0 Å². The van der Waals surface area contributed by atoms with Gasteiger partial charge in [0.15, 0.2) is 0 Å². The molecule has 10 heavy (non-hydrogen) atoms. The first-order valence-corrected chi connectivity index (χ1v) is 2.26. The van der Waals surface area contributed by atoms with Crippen LogP contribution in [0.1, 0.15) is 6.92 Å². The Bertz CT molecular complexity index is 198. The molecule has 0 aromatic rings. The van der Waals surface area contributed by atoms with E-state index < -0.39 is 17.5 Å². The van der Waals surface area contributed by atoms with Gasteiger partial charge in [-0.15, -0.1) is 0 Å². The summed E-state index contributed by atoms with van der Waals surface area (Å²) in [5.74, 6) is -1.82. The molecule has 0 saturated carbocycles. The average Bonchev–Trinajstić information content (AvgIpc) is 1.83. The van der Waals surface area contributed by atoms with E-state index in [9.17, 15) is 13.2 Å². The number of nitrogens with zero attached hydrogens (tertiary/aromatic N) is 1. The van der Waals surface area contributed by atoms with Crippen LogP contribution in [0.5, 0.6) is 0 Å². The Balaban J connectivity index is 4.69. The van der Waals surface area contributed by atoms with Gasteiger partial charge in [-0.3, -0.25) is 0 Å². The van der Waals surface area contributed by atoms with Crippen molar-refractivity contribution in [3.8, 4) is 6.07 Å². The molecule has 0 amide bonds. The molecule has 0 rings (SSSR count). The molecule has 0 saturated heterocycles. The third-order valence-corrected chi connectivity index (χ3v) is 0.791. The Morgan fingerprint density at radius 3 is 2.00 bits per heavy atom. The summed E-state index contributed by atoms with van der Waals surface area (Å²) in [6.45, 7) is 0.892. The van der Waals surface area contributed by atoms with Crippen LogP contribution >= 0.6 is 0 Å². The molecular formula is C5H4F3NO. The fourth-order valence-electron chi connectivity index (χ4n) is 0.266. The molecule has 0 atom stereocenters. The lowest BCUT2D eigenvalue weighted by atomic mass is 10.3. The Labute approximate surface area is 55.2 Å². The molecule has 2 nitrogen and oxygen atoms in total. The van der Waals surface area contributed by atoms with Gasteiger partial charge in [0, 0.05) is 0 Å². The number of aliphatic hydroxyl groups excluding tert-OH is 1. The lowest BCUT2D eigenvalue weighted by Crippen LogP contribution is -2.12. The van der Waals surface area contributed by atoms with Crippen LogP contribution in [0.3, 0.4) is 0 Å². The zero-order valence-electron chi connectivity index (χ0n) is 5.03. The van der Waals surface area contributed by atoms with Crippen LogP contribution in [-0.2, 0) is 0 Å². The number of aliphatic hydroxyl groups is 1. The minimum absolute atomic E-state index is 0.729. The van der Waals surface area contributed by atoms with Crippen LogP contribution in [0.25, 0.3) is 0 Å². The summed E-state index contributed by atoms with van der Waals surface area (Å²) >= 11 is 0. The fraction of sp³-hybridized carbons (Fsp3) is 0.400. The molecule has 0 aliphatic carbocycles. The fourth-order valence-corrected chi connectivity index (χ4v) is 0.266. The zero-order valence-corrected chi connectivity index (χ0v) is 5.03. The summed E-state index contributed by atoms with van der Waals surface area (Å²) in [6.07, 6.45) is -4.81. The second-order valence-corrected chi connectivity index (χ2v) is 1.58. The largest absolute Gasteiger partial charge is 0.504 e. The first-order chi connectivity index (χ1) is 4.39. The van der Waals surface area contributed by atoms with Crippen LogP contribution in [-0.4, -0.2) is 11.3 Å². The first kappa shape index (κ1) is 8.82. The number of allylic oxidation sites excluding steroid dienone is 2. The van der Waals surface area contributed by atoms with Crippen molar-refractivity contribution in [1.82, 2.24) is 0 Å².